The van der Waals surface area contributed by atoms with Crippen molar-refractivity contribution in [2.75, 3.05) is 27.2 Å². The lowest BCUT2D eigenvalue weighted by atomic mass is 10.1. The van der Waals surface area contributed by atoms with Crippen molar-refractivity contribution in [3.8, 4) is 0 Å². The highest BCUT2D eigenvalue weighted by atomic mass is 127. The van der Waals surface area contributed by atoms with Crippen LogP contribution in [0.25, 0.3) is 0 Å². The summed E-state index contributed by atoms with van der Waals surface area (Å²) in [6, 6.07) is 8.23. The molecule has 0 spiro atoms. The average molecular weight is 488 g/mol. The largest absolute Gasteiger partial charge is 0.357 e. The molecule has 0 aliphatic carbocycles. The molecule has 154 valence electrons. The van der Waals surface area contributed by atoms with Crippen LogP contribution >= 0.6 is 24.0 Å². The SMILES string of the molecule is CCCCCC(C)NC(=NCCc1cccc(C(=O)N(C)C)c1)NCC.I. The van der Waals surface area contributed by atoms with Crippen molar-refractivity contribution >= 4 is 35.8 Å². The van der Waals surface area contributed by atoms with Gasteiger partial charge in [0.25, 0.3) is 5.91 Å². The summed E-state index contributed by atoms with van der Waals surface area (Å²) in [6.45, 7) is 8.05. The number of benzene rings is 1. The lowest BCUT2D eigenvalue weighted by Gasteiger charge is -2.17. The van der Waals surface area contributed by atoms with Gasteiger partial charge in [0.15, 0.2) is 5.96 Å². The van der Waals surface area contributed by atoms with Gasteiger partial charge in [0, 0.05) is 38.8 Å². The summed E-state index contributed by atoms with van der Waals surface area (Å²) in [5.74, 6) is 0.906. The van der Waals surface area contributed by atoms with E-state index in [1.165, 1.54) is 19.3 Å². The normalized spacial score (nSPS) is 12.1. The molecule has 1 aromatic carbocycles. The third kappa shape index (κ3) is 10.6. The number of halogens is 1. The fraction of sp³-hybridized carbons (Fsp3) is 0.619. The van der Waals surface area contributed by atoms with E-state index in [1.54, 1.807) is 19.0 Å². The maximum atomic E-state index is 12.1. The van der Waals surface area contributed by atoms with Gasteiger partial charge in [-0.15, -0.1) is 24.0 Å². The van der Waals surface area contributed by atoms with Crippen LogP contribution in [-0.4, -0.2) is 50.0 Å². The van der Waals surface area contributed by atoms with Crippen molar-refractivity contribution < 1.29 is 4.79 Å². The Labute approximate surface area is 182 Å². The molecule has 0 saturated carbocycles. The maximum Gasteiger partial charge on any atom is 0.253 e. The summed E-state index contributed by atoms with van der Waals surface area (Å²) in [5, 5.41) is 6.80. The third-order valence-electron chi connectivity index (χ3n) is 4.22. The molecule has 1 amide bonds. The first-order valence-corrected chi connectivity index (χ1v) is 9.83. The van der Waals surface area contributed by atoms with E-state index in [-0.39, 0.29) is 29.9 Å². The van der Waals surface area contributed by atoms with Gasteiger partial charge in [0.05, 0.1) is 0 Å². The van der Waals surface area contributed by atoms with E-state index < -0.39 is 0 Å². The minimum Gasteiger partial charge on any atom is -0.357 e. The summed E-state index contributed by atoms with van der Waals surface area (Å²) in [7, 11) is 3.55. The van der Waals surface area contributed by atoms with Gasteiger partial charge in [-0.3, -0.25) is 9.79 Å². The molecule has 5 nitrogen and oxygen atoms in total. The van der Waals surface area contributed by atoms with Crippen LogP contribution in [-0.2, 0) is 6.42 Å². The predicted molar refractivity (Wildman–Crippen MR) is 126 cm³/mol. The van der Waals surface area contributed by atoms with Crippen molar-refractivity contribution in [3.05, 3.63) is 35.4 Å². The number of guanidine groups is 1. The highest BCUT2D eigenvalue weighted by Gasteiger charge is 2.08. The lowest BCUT2D eigenvalue weighted by Crippen LogP contribution is -2.42. The molecule has 1 unspecified atom stereocenters. The van der Waals surface area contributed by atoms with Gasteiger partial charge in [-0.1, -0.05) is 38.3 Å². The van der Waals surface area contributed by atoms with Crippen LogP contribution in [0.4, 0.5) is 0 Å². The summed E-state index contributed by atoms with van der Waals surface area (Å²) in [4.78, 5) is 18.4. The minimum atomic E-state index is 0. The van der Waals surface area contributed by atoms with Crippen LogP contribution in [0.2, 0.25) is 0 Å². The maximum absolute atomic E-state index is 12.1. The Bertz CT molecular complexity index is 575. The molecule has 6 heteroatoms. The number of hydrogen-bond acceptors (Lipinski definition) is 2. The highest BCUT2D eigenvalue weighted by molar-refractivity contribution is 14.0. The molecule has 0 aliphatic rings. The monoisotopic (exact) mass is 488 g/mol. The second kappa shape index (κ2) is 14.7. The molecular formula is C21H37IN4O. The summed E-state index contributed by atoms with van der Waals surface area (Å²) in [6.07, 6.45) is 5.75. The van der Waals surface area contributed by atoms with Crippen molar-refractivity contribution in [1.82, 2.24) is 15.5 Å². The van der Waals surface area contributed by atoms with E-state index in [0.29, 0.717) is 12.6 Å². The molecule has 27 heavy (non-hydrogen) atoms. The summed E-state index contributed by atoms with van der Waals surface area (Å²) in [5.41, 5.74) is 1.86. The molecule has 0 saturated heterocycles. The Morgan fingerprint density at radius 1 is 1.22 bits per heavy atom. The fourth-order valence-electron chi connectivity index (χ4n) is 2.74. The van der Waals surface area contributed by atoms with Gasteiger partial charge in [0.1, 0.15) is 0 Å². The number of nitrogens with one attached hydrogen (secondary N) is 2. The van der Waals surface area contributed by atoms with Crippen LogP contribution in [0.15, 0.2) is 29.3 Å². The Hall–Kier alpha value is -1.31. The second-order valence-electron chi connectivity index (χ2n) is 6.95. The Morgan fingerprint density at radius 2 is 1.96 bits per heavy atom. The van der Waals surface area contributed by atoms with E-state index in [0.717, 1.165) is 36.5 Å². The van der Waals surface area contributed by atoms with E-state index in [4.69, 9.17) is 0 Å². The van der Waals surface area contributed by atoms with Gasteiger partial charge in [0.2, 0.25) is 0 Å². The standard InChI is InChI=1S/C21H36N4O.HI/c1-6-8-9-11-17(3)24-21(22-7-2)23-15-14-18-12-10-13-19(16-18)20(26)25(4)5;/h10,12-13,16-17H,6-9,11,14-15H2,1-5H3,(H2,22,23,24);1H. The first-order chi connectivity index (χ1) is 12.5. The van der Waals surface area contributed by atoms with E-state index in [9.17, 15) is 4.79 Å². The summed E-state index contributed by atoms with van der Waals surface area (Å²) < 4.78 is 0. The van der Waals surface area contributed by atoms with Crippen LogP contribution in [0, 0.1) is 0 Å². The van der Waals surface area contributed by atoms with Crippen molar-refractivity contribution in [1.29, 1.82) is 0 Å². The number of amides is 1. The quantitative estimate of drug-likeness (QED) is 0.226. The zero-order valence-corrected chi connectivity index (χ0v) is 19.9. The first kappa shape index (κ1) is 25.7. The zero-order chi connectivity index (χ0) is 19.4. The van der Waals surface area contributed by atoms with Crippen LogP contribution in [0.5, 0.6) is 0 Å². The number of carbonyl (C=O) groups is 1. The number of aliphatic imine (C=N–C) groups is 1. The molecule has 0 radical (unpaired) electrons. The number of rotatable bonds is 10. The first-order valence-electron chi connectivity index (χ1n) is 9.83. The number of unbranched alkanes of at least 4 members (excludes halogenated alkanes) is 2. The molecule has 0 fully saturated rings. The predicted octanol–water partition coefficient (Wildman–Crippen LogP) is 4.07. The molecule has 1 aromatic rings. The average Bonchev–Trinajstić information content (AvgIpc) is 2.61. The molecule has 0 aromatic heterocycles. The van der Waals surface area contributed by atoms with E-state index >= 15 is 0 Å². The molecule has 2 N–H and O–H groups in total. The highest BCUT2D eigenvalue weighted by Crippen LogP contribution is 2.08. The number of nitrogens with zero attached hydrogens (tertiary/aromatic N) is 2. The molecular weight excluding hydrogens is 451 g/mol. The third-order valence-corrected chi connectivity index (χ3v) is 4.22. The molecule has 0 aliphatic heterocycles. The van der Waals surface area contributed by atoms with Crippen molar-refractivity contribution in [2.45, 2.75) is 58.9 Å². The van der Waals surface area contributed by atoms with E-state index in [2.05, 4.69) is 42.5 Å². The molecule has 1 rings (SSSR count). The zero-order valence-electron chi connectivity index (χ0n) is 17.5. The Balaban J connectivity index is 0.00000676. The lowest BCUT2D eigenvalue weighted by molar-refractivity contribution is 0.0827. The van der Waals surface area contributed by atoms with Crippen LogP contribution in [0.3, 0.4) is 0 Å². The topological polar surface area (TPSA) is 56.7 Å². The van der Waals surface area contributed by atoms with Crippen molar-refractivity contribution in [3.63, 3.8) is 0 Å². The van der Waals surface area contributed by atoms with Crippen LogP contribution < -0.4 is 10.6 Å². The van der Waals surface area contributed by atoms with Gasteiger partial charge in [-0.05, 0) is 44.4 Å². The van der Waals surface area contributed by atoms with Crippen molar-refractivity contribution in [2.24, 2.45) is 4.99 Å². The van der Waals surface area contributed by atoms with E-state index in [1.807, 2.05) is 18.2 Å². The van der Waals surface area contributed by atoms with Gasteiger partial charge >= 0.3 is 0 Å². The molecule has 1 atom stereocenters. The Morgan fingerprint density at radius 3 is 2.59 bits per heavy atom. The number of carbonyl (C=O) groups excluding carboxylic acids is 1. The second-order valence-corrected chi connectivity index (χ2v) is 6.95. The van der Waals surface area contributed by atoms with Crippen LogP contribution in [0.1, 0.15) is 62.4 Å². The van der Waals surface area contributed by atoms with Gasteiger partial charge < -0.3 is 15.5 Å². The number of hydrogen-bond donors (Lipinski definition) is 2. The minimum absolute atomic E-state index is 0. The molecule has 0 heterocycles. The van der Waals surface area contributed by atoms with Gasteiger partial charge in [-0.2, -0.15) is 0 Å². The Kier molecular flexibility index (Phi) is 14.0. The molecule has 0 bridgehead atoms. The smallest absolute Gasteiger partial charge is 0.253 e. The summed E-state index contributed by atoms with van der Waals surface area (Å²) >= 11 is 0. The fourth-order valence-corrected chi connectivity index (χ4v) is 2.74. The van der Waals surface area contributed by atoms with Gasteiger partial charge in [-0.25, -0.2) is 0 Å².